The van der Waals surface area contributed by atoms with Gasteiger partial charge in [0, 0.05) is 12.6 Å². The van der Waals surface area contributed by atoms with E-state index in [4.69, 9.17) is 9.47 Å². The van der Waals surface area contributed by atoms with Crippen molar-refractivity contribution in [2.45, 2.75) is 32.4 Å². The molecule has 114 valence electrons. The van der Waals surface area contributed by atoms with Gasteiger partial charge in [0.2, 0.25) is 0 Å². The van der Waals surface area contributed by atoms with Crippen molar-refractivity contribution in [2.24, 2.45) is 5.92 Å². The van der Waals surface area contributed by atoms with E-state index >= 15 is 0 Å². The van der Waals surface area contributed by atoms with Crippen molar-refractivity contribution in [1.29, 1.82) is 0 Å². The number of methoxy groups -OCH3 is 1. The number of rotatable bonds is 3. The molecule has 1 aromatic rings. The second kappa shape index (κ2) is 7.11. The van der Waals surface area contributed by atoms with Crippen LogP contribution in [0.2, 0.25) is 0 Å². The van der Waals surface area contributed by atoms with E-state index in [-0.39, 0.29) is 30.6 Å². The highest BCUT2D eigenvalue weighted by molar-refractivity contribution is 5.75. The highest BCUT2D eigenvalue weighted by atomic mass is 16.6. The lowest BCUT2D eigenvalue weighted by atomic mass is 9.94. The monoisotopic (exact) mass is 291 g/mol. The van der Waals surface area contributed by atoms with E-state index in [1.165, 1.54) is 7.11 Å². The summed E-state index contributed by atoms with van der Waals surface area (Å²) in [6.45, 7) is 2.57. The van der Waals surface area contributed by atoms with Gasteiger partial charge in [-0.3, -0.25) is 4.79 Å². The molecule has 21 heavy (non-hydrogen) atoms. The third-order valence-corrected chi connectivity index (χ3v) is 3.86. The third-order valence-electron chi connectivity index (χ3n) is 3.86. The summed E-state index contributed by atoms with van der Waals surface area (Å²) in [5, 5.41) is 0. The maximum absolute atomic E-state index is 12.2. The van der Waals surface area contributed by atoms with Gasteiger partial charge in [-0.1, -0.05) is 30.3 Å². The Kier molecular flexibility index (Phi) is 5.20. The van der Waals surface area contributed by atoms with E-state index in [9.17, 15) is 9.59 Å². The van der Waals surface area contributed by atoms with Gasteiger partial charge in [0.25, 0.3) is 0 Å². The normalized spacial score (nSPS) is 21.7. The van der Waals surface area contributed by atoms with Gasteiger partial charge < -0.3 is 14.4 Å². The molecule has 0 aromatic heterocycles. The first-order chi connectivity index (χ1) is 10.1. The molecule has 5 heteroatoms. The fraction of sp³-hybridized carbons (Fsp3) is 0.500. The molecule has 5 nitrogen and oxygen atoms in total. The maximum atomic E-state index is 12.2. The number of nitrogens with zero attached hydrogens (tertiary/aromatic N) is 1. The van der Waals surface area contributed by atoms with E-state index in [1.807, 2.05) is 37.3 Å². The van der Waals surface area contributed by atoms with Crippen LogP contribution < -0.4 is 0 Å². The lowest BCUT2D eigenvalue weighted by Gasteiger charge is -2.36. The Morgan fingerprint density at radius 2 is 1.95 bits per heavy atom. The predicted molar refractivity (Wildman–Crippen MR) is 77.5 cm³/mol. The number of piperidine rings is 1. The second-order valence-electron chi connectivity index (χ2n) is 5.34. The quantitative estimate of drug-likeness (QED) is 0.803. The van der Waals surface area contributed by atoms with Crippen LogP contribution >= 0.6 is 0 Å². The molecule has 0 radical (unpaired) electrons. The van der Waals surface area contributed by atoms with Gasteiger partial charge in [-0.25, -0.2) is 4.79 Å². The van der Waals surface area contributed by atoms with Crippen LogP contribution in [0.1, 0.15) is 25.3 Å². The Labute approximate surface area is 124 Å². The average molecular weight is 291 g/mol. The van der Waals surface area contributed by atoms with Gasteiger partial charge in [0.1, 0.15) is 6.61 Å². The average Bonchev–Trinajstić information content (AvgIpc) is 2.53. The number of amides is 1. The van der Waals surface area contributed by atoms with Gasteiger partial charge >= 0.3 is 12.1 Å². The molecule has 1 amide bonds. The van der Waals surface area contributed by atoms with Crippen molar-refractivity contribution in [2.75, 3.05) is 13.7 Å². The summed E-state index contributed by atoms with van der Waals surface area (Å²) in [5.74, 6) is -0.516. The molecule has 1 aromatic carbocycles. The zero-order valence-corrected chi connectivity index (χ0v) is 12.5. The summed E-state index contributed by atoms with van der Waals surface area (Å²) in [6.07, 6.45) is 1.15. The first-order valence-electron chi connectivity index (χ1n) is 7.17. The first kappa shape index (κ1) is 15.4. The highest BCUT2D eigenvalue weighted by Crippen LogP contribution is 2.23. The van der Waals surface area contributed by atoms with Crippen LogP contribution in [0.15, 0.2) is 30.3 Å². The molecule has 1 saturated heterocycles. The lowest BCUT2D eigenvalue weighted by Crippen LogP contribution is -2.47. The minimum atomic E-state index is -0.375. The summed E-state index contributed by atoms with van der Waals surface area (Å²) in [5.41, 5.74) is 0.944. The van der Waals surface area contributed by atoms with Crippen LogP contribution in [-0.2, 0) is 20.9 Å². The number of likely N-dealkylation sites (tertiary alicyclic amines) is 1. The standard InChI is InChI=1S/C16H21NO4/c1-12-8-9-14(15(18)20-2)10-17(12)16(19)21-11-13-6-4-3-5-7-13/h3-7,12,14H,8-11H2,1-2H3/t12-,14+/m0/s1. The molecular weight excluding hydrogens is 270 g/mol. The van der Waals surface area contributed by atoms with Crippen LogP contribution in [0.5, 0.6) is 0 Å². The highest BCUT2D eigenvalue weighted by Gasteiger charge is 2.33. The van der Waals surface area contributed by atoms with Crippen LogP contribution in [-0.4, -0.2) is 36.7 Å². The van der Waals surface area contributed by atoms with Crippen LogP contribution in [0.3, 0.4) is 0 Å². The van der Waals surface area contributed by atoms with E-state index in [0.717, 1.165) is 18.4 Å². The van der Waals surface area contributed by atoms with Crippen molar-refractivity contribution in [3.8, 4) is 0 Å². The van der Waals surface area contributed by atoms with Crippen molar-refractivity contribution >= 4 is 12.1 Å². The number of carbonyl (C=O) groups excluding carboxylic acids is 2. The number of hydrogen-bond acceptors (Lipinski definition) is 4. The Morgan fingerprint density at radius 3 is 2.62 bits per heavy atom. The van der Waals surface area contributed by atoms with Crippen molar-refractivity contribution in [1.82, 2.24) is 4.90 Å². The number of benzene rings is 1. The van der Waals surface area contributed by atoms with Gasteiger partial charge in [-0.2, -0.15) is 0 Å². The predicted octanol–water partition coefficient (Wildman–Crippen LogP) is 2.60. The van der Waals surface area contributed by atoms with Gasteiger partial charge in [0.05, 0.1) is 13.0 Å². The summed E-state index contributed by atoms with van der Waals surface area (Å²) in [7, 11) is 1.37. The van der Waals surface area contributed by atoms with E-state index in [1.54, 1.807) is 4.90 Å². The summed E-state index contributed by atoms with van der Waals surface area (Å²) in [6, 6.07) is 9.61. The van der Waals surface area contributed by atoms with Gasteiger partial charge in [-0.05, 0) is 25.3 Å². The molecule has 0 saturated carbocycles. The van der Waals surface area contributed by atoms with Crippen molar-refractivity contribution in [3.63, 3.8) is 0 Å². The van der Waals surface area contributed by atoms with Crippen LogP contribution in [0.25, 0.3) is 0 Å². The molecule has 0 unspecified atom stereocenters. The van der Waals surface area contributed by atoms with Gasteiger partial charge in [-0.15, -0.1) is 0 Å². The molecule has 1 fully saturated rings. The molecule has 1 aliphatic heterocycles. The fourth-order valence-corrected chi connectivity index (χ4v) is 2.52. The van der Waals surface area contributed by atoms with Crippen molar-refractivity contribution < 1.29 is 19.1 Å². The Balaban J connectivity index is 1.92. The number of hydrogen-bond donors (Lipinski definition) is 0. The smallest absolute Gasteiger partial charge is 0.410 e. The van der Waals surface area contributed by atoms with Crippen LogP contribution in [0, 0.1) is 5.92 Å². The zero-order valence-electron chi connectivity index (χ0n) is 12.5. The number of carbonyl (C=O) groups is 2. The largest absolute Gasteiger partial charge is 0.469 e. The Morgan fingerprint density at radius 1 is 1.24 bits per heavy atom. The maximum Gasteiger partial charge on any atom is 0.410 e. The molecule has 1 aliphatic rings. The summed E-state index contributed by atoms with van der Waals surface area (Å²) < 4.78 is 10.1. The van der Waals surface area contributed by atoms with Gasteiger partial charge in [0.15, 0.2) is 0 Å². The van der Waals surface area contributed by atoms with Crippen molar-refractivity contribution in [3.05, 3.63) is 35.9 Å². The summed E-state index contributed by atoms with van der Waals surface area (Å²) >= 11 is 0. The number of ether oxygens (including phenoxy) is 2. The molecule has 0 N–H and O–H groups in total. The molecular formula is C16H21NO4. The Hall–Kier alpha value is -2.04. The third kappa shape index (κ3) is 3.97. The van der Waals surface area contributed by atoms with E-state index < -0.39 is 0 Å². The molecule has 1 heterocycles. The molecule has 0 bridgehead atoms. The van der Waals surface area contributed by atoms with E-state index in [2.05, 4.69) is 0 Å². The molecule has 0 spiro atoms. The van der Waals surface area contributed by atoms with E-state index in [0.29, 0.717) is 6.54 Å². The SMILES string of the molecule is COC(=O)[C@@H]1CC[C@H](C)N(C(=O)OCc2ccccc2)C1. The Bertz CT molecular complexity index is 488. The minimum Gasteiger partial charge on any atom is -0.469 e. The lowest BCUT2D eigenvalue weighted by molar-refractivity contribution is -0.147. The second-order valence-corrected chi connectivity index (χ2v) is 5.34. The fourth-order valence-electron chi connectivity index (χ4n) is 2.52. The molecule has 0 aliphatic carbocycles. The number of esters is 1. The topological polar surface area (TPSA) is 55.8 Å². The summed E-state index contributed by atoms with van der Waals surface area (Å²) in [4.78, 5) is 25.4. The zero-order chi connectivity index (χ0) is 15.2. The molecule has 2 rings (SSSR count). The molecule has 2 atom stereocenters. The van der Waals surface area contributed by atoms with Crippen LogP contribution in [0.4, 0.5) is 4.79 Å². The minimum absolute atomic E-state index is 0.0779. The first-order valence-corrected chi connectivity index (χ1v) is 7.17.